The molecule has 0 aliphatic heterocycles. The Kier molecular flexibility index (Phi) is 5.51. The summed E-state index contributed by atoms with van der Waals surface area (Å²) in [5, 5.41) is 3.22. The Morgan fingerprint density at radius 3 is 2.53 bits per heavy atom. The molecule has 1 aliphatic rings. The predicted octanol–water partition coefficient (Wildman–Crippen LogP) is 2.13. The van der Waals surface area contributed by atoms with E-state index in [4.69, 9.17) is 5.73 Å². The van der Waals surface area contributed by atoms with Crippen LogP contribution in [-0.4, -0.2) is 19.0 Å². The Morgan fingerprint density at radius 2 is 2.07 bits per heavy atom. The molecule has 0 aromatic heterocycles. The van der Waals surface area contributed by atoms with Crippen molar-refractivity contribution in [3.05, 3.63) is 0 Å². The van der Waals surface area contributed by atoms with Gasteiger partial charge in [0, 0.05) is 13.1 Å². The van der Waals surface area contributed by atoms with Crippen molar-refractivity contribution in [1.82, 2.24) is 5.32 Å². The lowest BCUT2D eigenvalue weighted by Crippen LogP contribution is -2.37. The quantitative estimate of drug-likeness (QED) is 0.522. The summed E-state index contributed by atoms with van der Waals surface area (Å²) >= 11 is 0. The van der Waals surface area contributed by atoms with Gasteiger partial charge >= 0.3 is 0 Å². The molecule has 0 atom stereocenters. The second-order valence-electron chi connectivity index (χ2n) is 4.59. The minimum atomic E-state index is 0.633. The van der Waals surface area contributed by atoms with Crippen molar-refractivity contribution in [2.45, 2.75) is 46.0 Å². The summed E-state index contributed by atoms with van der Waals surface area (Å²) < 4.78 is 0. The molecule has 0 radical (unpaired) electrons. The van der Waals surface area contributed by atoms with Crippen molar-refractivity contribution in [3.63, 3.8) is 0 Å². The first-order valence-electron chi connectivity index (χ1n) is 6.30. The van der Waals surface area contributed by atoms with Crippen molar-refractivity contribution in [2.24, 2.45) is 22.6 Å². The molecule has 1 aliphatic carbocycles. The normalized spacial score (nSPS) is 17.9. The largest absolute Gasteiger partial charge is 0.370 e. The van der Waals surface area contributed by atoms with E-state index in [0.717, 1.165) is 19.0 Å². The molecular formula is C12H25N3. The smallest absolute Gasteiger partial charge is 0.188 e. The fourth-order valence-electron chi connectivity index (χ4n) is 1.78. The van der Waals surface area contributed by atoms with Gasteiger partial charge in [-0.25, -0.2) is 0 Å². The number of aliphatic imine (C=N–C) groups is 1. The van der Waals surface area contributed by atoms with Crippen LogP contribution >= 0.6 is 0 Å². The summed E-state index contributed by atoms with van der Waals surface area (Å²) in [5.74, 6) is 2.16. The predicted molar refractivity (Wildman–Crippen MR) is 65.9 cm³/mol. The first-order valence-corrected chi connectivity index (χ1v) is 6.30. The van der Waals surface area contributed by atoms with Gasteiger partial charge in [-0.15, -0.1) is 0 Å². The minimum Gasteiger partial charge on any atom is -0.370 e. The lowest BCUT2D eigenvalue weighted by atomic mass is 9.85. The van der Waals surface area contributed by atoms with Gasteiger partial charge < -0.3 is 11.1 Å². The highest BCUT2D eigenvalue weighted by atomic mass is 15.1. The van der Waals surface area contributed by atoms with Crippen LogP contribution in [0.1, 0.15) is 46.0 Å². The Hall–Kier alpha value is -0.730. The Bertz CT molecular complexity index is 193. The highest BCUT2D eigenvalue weighted by Gasteiger charge is 2.16. The van der Waals surface area contributed by atoms with Gasteiger partial charge in [-0.2, -0.15) is 0 Å². The van der Waals surface area contributed by atoms with Crippen molar-refractivity contribution >= 4 is 5.96 Å². The second-order valence-corrected chi connectivity index (χ2v) is 4.59. The zero-order valence-corrected chi connectivity index (χ0v) is 10.1. The van der Waals surface area contributed by atoms with Crippen LogP contribution in [0.4, 0.5) is 0 Å². The Balaban J connectivity index is 2.13. The molecule has 1 saturated carbocycles. The first-order chi connectivity index (χ1) is 7.26. The van der Waals surface area contributed by atoms with Crippen LogP contribution in [-0.2, 0) is 0 Å². The number of nitrogens with two attached hydrogens (primary N) is 1. The number of hydrogen-bond donors (Lipinski definition) is 2. The SMILES string of the molecule is CCC(CC)CN=C(N)NCC1CCC1. The average Bonchev–Trinajstić information content (AvgIpc) is 2.17. The van der Waals surface area contributed by atoms with Gasteiger partial charge in [0.1, 0.15) is 0 Å². The number of guanidine groups is 1. The van der Waals surface area contributed by atoms with E-state index in [0.29, 0.717) is 11.9 Å². The van der Waals surface area contributed by atoms with Crippen LogP contribution in [0.25, 0.3) is 0 Å². The minimum absolute atomic E-state index is 0.633. The molecule has 1 fully saturated rings. The van der Waals surface area contributed by atoms with Gasteiger partial charge in [-0.1, -0.05) is 33.1 Å². The maximum Gasteiger partial charge on any atom is 0.188 e. The van der Waals surface area contributed by atoms with Crippen LogP contribution in [0.2, 0.25) is 0 Å². The van der Waals surface area contributed by atoms with Crippen LogP contribution in [0.15, 0.2) is 4.99 Å². The van der Waals surface area contributed by atoms with Crippen molar-refractivity contribution < 1.29 is 0 Å². The second kappa shape index (κ2) is 6.70. The van der Waals surface area contributed by atoms with Gasteiger partial charge in [0.25, 0.3) is 0 Å². The van der Waals surface area contributed by atoms with E-state index in [1.54, 1.807) is 0 Å². The first kappa shape index (κ1) is 12.3. The van der Waals surface area contributed by atoms with E-state index in [1.807, 2.05) is 0 Å². The number of nitrogens with zero attached hydrogens (tertiary/aromatic N) is 1. The molecule has 15 heavy (non-hydrogen) atoms. The molecule has 0 heterocycles. The van der Waals surface area contributed by atoms with Gasteiger partial charge in [0.05, 0.1) is 0 Å². The molecule has 0 spiro atoms. The zero-order valence-electron chi connectivity index (χ0n) is 10.1. The third kappa shape index (κ3) is 4.54. The topological polar surface area (TPSA) is 50.4 Å². The Morgan fingerprint density at radius 1 is 1.40 bits per heavy atom. The van der Waals surface area contributed by atoms with Crippen LogP contribution in [0.3, 0.4) is 0 Å². The van der Waals surface area contributed by atoms with Crippen molar-refractivity contribution in [2.75, 3.05) is 13.1 Å². The highest BCUT2D eigenvalue weighted by molar-refractivity contribution is 5.77. The monoisotopic (exact) mass is 211 g/mol. The summed E-state index contributed by atoms with van der Waals surface area (Å²) in [7, 11) is 0. The van der Waals surface area contributed by atoms with E-state index in [9.17, 15) is 0 Å². The van der Waals surface area contributed by atoms with Gasteiger partial charge in [0.2, 0.25) is 0 Å². The summed E-state index contributed by atoms with van der Waals surface area (Å²) in [5.41, 5.74) is 5.80. The lowest BCUT2D eigenvalue weighted by molar-refractivity contribution is 0.315. The molecule has 3 heteroatoms. The molecule has 88 valence electrons. The molecule has 0 amide bonds. The summed E-state index contributed by atoms with van der Waals surface area (Å²) in [4.78, 5) is 4.38. The van der Waals surface area contributed by atoms with Gasteiger partial charge in [0.15, 0.2) is 5.96 Å². The van der Waals surface area contributed by atoms with Crippen molar-refractivity contribution in [3.8, 4) is 0 Å². The van der Waals surface area contributed by atoms with E-state index in [1.165, 1.54) is 32.1 Å². The maximum atomic E-state index is 5.80. The number of rotatable bonds is 6. The van der Waals surface area contributed by atoms with Gasteiger partial charge in [-0.3, -0.25) is 4.99 Å². The van der Waals surface area contributed by atoms with Crippen molar-refractivity contribution in [1.29, 1.82) is 0 Å². The lowest BCUT2D eigenvalue weighted by Gasteiger charge is -2.25. The average molecular weight is 211 g/mol. The van der Waals surface area contributed by atoms with E-state index in [-0.39, 0.29) is 0 Å². The highest BCUT2D eigenvalue weighted by Crippen LogP contribution is 2.24. The molecular weight excluding hydrogens is 186 g/mol. The van der Waals surface area contributed by atoms with E-state index < -0.39 is 0 Å². The molecule has 0 saturated heterocycles. The summed E-state index contributed by atoms with van der Waals surface area (Å²) in [6.45, 7) is 6.30. The number of hydrogen-bond acceptors (Lipinski definition) is 1. The zero-order chi connectivity index (χ0) is 11.1. The van der Waals surface area contributed by atoms with E-state index in [2.05, 4.69) is 24.2 Å². The van der Waals surface area contributed by atoms with Crippen LogP contribution in [0, 0.1) is 11.8 Å². The number of nitrogens with one attached hydrogen (secondary N) is 1. The molecule has 0 unspecified atom stereocenters. The van der Waals surface area contributed by atoms with Crippen LogP contribution in [0.5, 0.6) is 0 Å². The maximum absolute atomic E-state index is 5.80. The van der Waals surface area contributed by atoms with E-state index >= 15 is 0 Å². The molecule has 1 rings (SSSR count). The molecule has 3 nitrogen and oxygen atoms in total. The molecule has 0 bridgehead atoms. The standard InChI is InChI=1S/C12H25N3/c1-3-10(4-2)8-14-12(13)15-9-11-6-5-7-11/h10-11H,3-9H2,1-2H3,(H3,13,14,15). The molecule has 0 aromatic carbocycles. The Labute approximate surface area is 93.5 Å². The van der Waals surface area contributed by atoms with Crippen LogP contribution < -0.4 is 11.1 Å². The summed E-state index contributed by atoms with van der Waals surface area (Å²) in [6.07, 6.45) is 6.47. The summed E-state index contributed by atoms with van der Waals surface area (Å²) in [6, 6.07) is 0. The fraction of sp³-hybridized carbons (Fsp3) is 0.917. The fourth-order valence-corrected chi connectivity index (χ4v) is 1.78. The molecule has 0 aromatic rings. The third-order valence-corrected chi connectivity index (χ3v) is 3.47. The van der Waals surface area contributed by atoms with Gasteiger partial charge in [-0.05, 0) is 24.7 Å². The third-order valence-electron chi connectivity index (χ3n) is 3.47. The molecule has 3 N–H and O–H groups in total.